The van der Waals surface area contributed by atoms with Gasteiger partial charge in [0.1, 0.15) is 5.69 Å². The molecule has 2 N–H and O–H groups in total. The Bertz CT molecular complexity index is 677. The van der Waals surface area contributed by atoms with Crippen LogP contribution in [0.1, 0.15) is 22.5 Å². The van der Waals surface area contributed by atoms with E-state index in [1.54, 1.807) is 25.4 Å². The zero-order valence-corrected chi connectivity index (χ0v) is 14.0. The highest BCUT2D eigenvalue weighted by Gasteiger charge is 2.07. The Morgan fingerprint density at radius 3 is 2.78 bits per heavy atom. The second-order valence-corrected chi connectivity index (χ2v) is 5.53. The van der Waals surface area contributed by atoms with Crippen LogP contribution in [0.25, 0.3) is 0 Å². The van der Waals surface area contributed by atoms with Crippen molar-refractivity contribution in [1.29, 1.82) is 0 Å². The Balaban J connectivity index is 2.01. The highest BCUT2D eigenvalue weighted by Crippen LogP contribution is 2.23. The Hall–Kier alpha value is -2.11. The van der Waals surface area contributed by atoms with Gasteiger partial charge in [-0.15, -0.1) is 0 Å². The fourth-order valence-corrected chi connectivity index (χ4v) is 2.16. The van der Waals surface area contributed by atoms with E-state index >= 15 is 0 Å². The normalized spacial score (nSPS) is 10.4. The third-order valence-corrected chi connectivity index (χ3v) is 3.67. The summed E-state index contributed by atoms with van der Waals surface area (Å²) in [5.41, 5.74) is 3.02. The molecule has 0 fully saturated rings. The molecule has 2 aromatic rings. The monoisotopic (exact) mass is 333 g/mol. The molecule has 23 heavy (non-hydrogen) atoms. The first kappa shape index (κ1) is 17.2. The van der Waals surface area contributed by atoms with Crippen molar-refractivity contribution < 1.29 is 9.53 Å². The van der Waals surface area contributed by atoms with E-state index in [1.165, 1.54) is 0 Å². The number of aryl methyl sites for hydroxylation is 1. The van der Waals surface area contributed by atoms with Gasteiger partial charge in [0.25, 0.3) is 5.91 Å². The van der Waals surface area contributed by atoms with Crippen LogP contribution < -0.4 is 10.6 Å². The van der Waals surface area contributed by atoms with Crippen LogP contribution in [0.4, 0.5) is 11.4 Å². The minimum absolute atomic E-state index is 0.202. The summed E-state index contributed by atoms with van der Waals surface area (Å²) in [4.78, 5) is 16.2. The zero-order valence-electron chi connectivity index (χ0n) is 13.2. The second kappa shape index (κ2) is 8.50. The summed E-state index contributed by atoms with van der Waals surface area (Å²) in [6, 6.07) is 9.23. The van der Waals surface area contributed by atoms with Crippen LogP contribution in [0.5, 0.6) is 0 Å². The molecule has 2 rings (SSSR count). The van der Waals surface area contributed by atoms with Crippen molar-refractivity contribution in [2.45, 2.75) is 13.3 Å². The van der Waals surface area contributed by atoms with E-state index in [2.05, 4.69) is 15.6 Å². The van der Waals surface area contributed by atoms with Gasteiger partial charge in [-0.1, -0.05) is 17.7 Å². The Kier molecular flexibility index (Phi) is 6.38. The van der Waals surface area contributed by atoms with E-state index in [4.69, 9.17) is 16.3 Å². The number of halogens is 1. The van der Waals surface area contributed by atoms with Crippen LogP contribution in [0.2, 0.25) is 5.02 Å². The third-order valence-electron chi connectivity index (χ3n) is 3.26. The van der Waals surface area contributed by atoms with Gasteiger partial charge in [0, 0.05) is 42.9 Å². The summed E-state index contributed by atoms with van der Waals surface area (Å²) in [5.74, 6) is -0.202. The fourth-order valence-electron chi connectivity index (χ4n) is 1.98. The highest BCUT2D eigenvalue weighted by atomic mass is 35.5. The molecule has 5 nitrogen and oxygen atoms in total. The predicted octanol–water partition coefficient (Wildman–Crippen LogP) is 3.55. The summed E-state index contributed by atoms with van der Waals surface area (Å²) in [6.45, 7) is 3.12. The topological polar surface area (TPSA) is 63.2 Å². The highest BCUT2D eigenvalue weighted by molar-refractivity contribution is 6.31. The number of amides is 1. The maximum Gasteiger partial charge on any atom is 0.269 e. The van der Waals surface area contributed by atoms with E-state index in [-0.39, 0.29) is 5.91 Å². The lowest BCUT2D eigenvalue weighted by Gasteiger charge is -2.09. The quantitative estimate of drug-likeness (QED) is 0.760. The van der Waals surface area contributed by atoms with Crippen LogP contribution in [0, 0.1) is 6.92 Å². The fraction of sp³-hybridized carbons (Fsp3) is 0.294. The number of nitrogens with zero attached hydrogens (tertiary/aromatic N) is 1. The number of rotatable bonds is 7. The number of methoxy groups -OCH3 is 1. The van der Waals surface area contributed by atoms with Crippen LogP contribution in [-0.2, 0) is 4.74 Å². The molecule has 0 atom stereocenters. The molecule has 0 spiro atoms. The first-order valence-electron chi connectivity index (χ1n) is 7.36. The van der Waals surface area contributed by atoms with Crippen molar-refractivity contribution in [3.05, 3.63) is 52.8 Å². The molecule has 0 saturated heterocycles. The second-order valence-electron chi connectivity index (χ2n) is 5.12. The van der Waals surface area contributed by atoms with E-state index in [0.717, 1.165) is 23.4 Å². The summed E-state index contributed by atoms with van der Waals surface area (Å²) >= 11 is 6.12. The molecule has 0 aliphatic rings. The lowest BCUT2D eigenvalue weighted by atomic mass is 10.2. The maximum absolute atomic E-state index is 12.0. The van der Waals surface area contributed by atoms with Gasteiger partial charge in [0.15, 0.2) is 0 Å². The third kappa shape index (κ3) is 5.23. The minimum Gasteiger partial charge on any atom is -0.385 e. The molecule has 122 valence electrons. The number of aromatic nitrogens is 1. The van der Waals surface area contributed by atoms with Crippen LogP contribution in [0.3, 0.4) is 0 Å². The van der Waals surface area contributed by atoms with E-state index in [1.807, 2.05) is 25.1 Å². The summed E-state index contributed by atoms with van der Waals surface area (Å²) < 4.78 is 4.95. The van der Waals surface area contributed by atoms with Gasteiger partial charge in [-0.3, -0.25) is 9.78 Å². The average Bonchev–Trinajstić information content (AvgIpc) is 2.55. The first-order chi connectivity index (χ1) is 11.1. The number of ether oxygens (including phenoxy) is 1. The molecule has 1 aromatic carbocycles. The van der Waals surface area contributed by atoms with Crippen LogP contribution >= 0.6 is 11.6 Å². The van der Waals surface area contributed by atoms with Gasteiger partial charge in [0.05, 0.1) is 0 Å². The van der Waals surface area contributed by atoms with E-state index < -0.39 is 0 Å². The number of benzene rings is 1. The molecule has 6 heteroatoms. The lowest BCUT2D eigenvalue weighted by molar-refractivity contribution is 0.0943. The molecule has 0 unspecified atom stereocenters. The van der Waals surface area contributed by atoms with Crippen molar-refractivity contribution >= 4 is 28.9 Å². The van der Waals surface area contributed by atoms with Gasteiger partial charge in [-0.2, -0.15) is 0 Å². The molecule has 1 amide bonds. The van der Waals surface area contributed by atoms with Crippen molar-refractivity contribution in [2.75, 3.05) is 25.6 Å². The van der Waals surface area contributed by atoms with Crippen molar-refractivity contribution in [3.63, 3.8) is 0 Å². The van der Waals surface area contributed by atoms with E-state index in [0.29, 0.717) is 23.9 Å². The van der Waals surface area contributed by atoms with Gasteiger partial charge >= 0.3 is 0 Å². The standard InChI is InChI=1S/C17H20ClN3O2/c1-12-4-5-13(10-15(12)18)21-14-6-8-19-16(11-14)17(22)20-7-3-9-23-2/h4-6,8,10-11H,3,7,9H2,1-2H3,(H,19,21)(H,20,22). The molecular formula is C17H20ClN3O2. The van der Waals surface area contributed by atoms with Crippen LogP contribution in [-0.4, -0.2) is 31.2 Å². The number of pyridine rings is 1. The Labute approximate surface area is 141 Å². The zero-order chi connectivity index (χ0) is 16.7. The molecule has 0 radical (unpaired) electrons. The summed E-state index contributed by atoms with van der Waals surface area (Å²) in [7, 11) is 1.63. The Morgan fingerprint density at radius 2 is 2.04 bits per heavy atom. The minimum atomic E-state index is -0.202. The molecule has 0 aliphatic heterocycles. The van der Waals surface area contributed by atoms with Gasteiger partial charge in [-0.05, 0) is 43.2 Å². The lowest BCUT2D eigenvalue weighted by Crippen LogP contribution is -2.26. The van der Waals surface area contributed by atoms with Gasteiger partial charge < -0.3 is 15.4 Å². The maximum atomic E-state index is 12.0. The molecule has 0 saturated carbocycles. The van der Waals surface area contributed by atoms with Crippen molar-refractivity contribution in [2.24, 2.45) is 0 Å². The van der Waals surface area contributed by atoms with Crippen molar-refractivity contribution in [3.8, 4) is 0 Å². The SMILES string of the molecule is COCCCNC(=O)c1cc(Nc2ccc(C)c(Cl)c2)ccn1. The average molecular weight is 334 g/mol. The smallest absolute Gasteiger partial charge is 0.269 e. The molecule has 0 bridgehead atoms. The molecule has 1 aromatic heterocycles. The molecular weight excluding hydrogens is 314 g/mol. The number of anilines is 2. The number of hydrogen-bond acceptors (Lipinski definition) is 4. The van der Waals surface area contributed by atoms with Crippen LogP contribution in [0.15, 0.2) is 36.5 Å². The summed E-state index contributed by atoms with van der Waals surface area (Å²) in [5, 5.41) is 6.72. The first-order valence-corrected chi connectivity index (χ1v) is 7.74. The van der Waals surface area contributed by atoms with Gasteiger partial charge in [0.2, 0.25) is 0 Å². The Morgan fingerprint density at radius 1 is 1.26 bits per heavy atom. The van der Waals surface area contributed by atoms with Crippen molar-refractivity contribution in [1.82, 2.24) is 10.3 Å². The number of nitrogens with one attached hydrogen (secondary N) is 2. The summed E-state index contributed by atoms with van der Waals surface area (Å²) in [6.07, 6.45) is 2.37. The number of carbonyl (C=O) groups excluding carboxylic acids is 1. The van der Waals surface area contributed by atoms with E-state index in [9.17, 15) is 4.79 Å². The molecule has 0 aliphatic carbocycles. The molecule has 1 heterocycles. The van der Waals surface area contributed by atoms with Gasteiger partial charge in [-0.25, -0.2) is 0 Å². The number of carbonyl (C=O) groups is 1. The predicted molar refractivity (Wildman–Crippen MR) is 92.5 cm³/mol. The largest absolute Gasteiger partial charge is 0.385 e. The number of hydrogen-bond donors (Lipinski definition) is 2.